The lowest BCUT2D eigenvalue weighted by Crippen LogP contribution is -2.42. The van der Waals surface area contributed by atoms with Gasteiger partial charge in [0.05, 0.1) is 16.9 Å². The molecule has 0 radical (unpaired) electrons. The number of ether oxygens (including phenoxy) is 1. The second kappa shape index (κ2) is 9.74. The average molecular weight is 455 g/mol. The molecule has 170 valence electrons. The van der Waals surface area contributed by atoms with Gasteiger partial charge < -0.3 is 9.64 Å². The van der Waals surface area contributed by atoms with Crippen molar-refractivity contribution >= 4 is 15.7 Å². The monoisotopic (exact) mass is 454 g/mol. The summed E-state index contributed by atoms with van der Waals surface area (Å²) < 4.78 is 33.1. The molecule has 32 heavy (non-hydrogen) atoms. The number of benzene rings is 2. The maximum atomic E-state index is 13.6. The smallest absolute Gasteiger partial charge is 0.222 e. The quantitative estimate of drug-likeness (QED) is 0.627. The van der Waals surface area contributed by atoms with Crippen molar-refractivity contribution in [2.75, 3.05) is 13.1 Å². The Kier molecular flexibility index (Phi) is 7.25. The van der Waals surface area contributed by atoms with Crippen molar-refractivity contribution in [3.8, 4) is 17.6 Å². The summed E-state index contributed by atoms with van der Waals surface area (Å²) in [4.78, 5) is 14.1. The van der Waals surface area contributed by atoms with E-state index in [2.05, 4.69) is 0 Å². The molecule has 0 atom stereocenters. The SMILES string of the molecule is Cc1cc(C)cc(Oc2ccc(C#N)cc2S(=O)(=O)C2CCN(C(=O)CC(C)C)CC2)c1. The predicted octanol–water partition coefficient (Wildman–Crippen LogP) is 4.78. The minimum atomic E-state index is -3.75. The van der Waals surface area contributed by atoms with Gasteiger partial charge in [0.2, 0.25) is 5.91 Å². The molecule has 0 bridgehead atoms. The number of hydrogen-bond donors (Lipinski definition) is 0. The molecule has 7 heteroatoms. The third-order valence-corrected chi connectivity index (χ3v) is 7.90. The number of piperidine rings is 1. The highest BCUT2D eigenvalue weighted by Crippen LogP contribution is 2.35. The molecule has 1 amide bonds. The van der Waals surface area contributed by atoms with E-state index in [0.717, 1.165) is 11.1 Å². The van der Waals surface area contributed by atoms with Crippen molar-refractivity contribution in [1.29, 1.82) is 5.26 Å². The van der Waals surface area contributed by atoms with Crippen LogP contribution in [-0.4, -0.2) is 37.6 Å². The Morgan fingerprint density at radius 1 is 1.12 bits per heavy atom. The summed E-state index contributed by atoms with van der Waals surface area (Å²) in [6.45, 7) is 8.72. The van der Waals surface area contributed by atoms with Crippen LogP contribution in [0.4, 0.5) is 0 Å². The number of nitriles is 1. The second-order valence-electron chi connectivity index (χ2n) is 8.92. The van der Waals surface area contributed by atoms with Crippen molar-refractivity contribution in [1.82, 2.24) is 4.90 Å². The molecule has 6 nitrogen and oxygen atoms in total. The standard InChI is InChI=1S/C25H30N2O4S/c1-17(2)11-25(28)27-9-7-22(8-10-27)32(29,30)24-15-20(16-26)5-6-23(24)31-21-13-18(3)12-19(4)14-21/h5-6,12-15,17,22H,7-11H2,1-4H3. The van der Waals surface area contributed by atoms with Crippen molar-refractivity contribution in [3.05, 3.63) is 53.1 Å². The Hall–Kier alpha value is -2.85. The van der Waals surface area contributed by atoms with Crippen molar-refractivity contribution < 1.29 is 17.9 Å². The number of rotatable bonds is 6. The molecule has 0 aromatic heterocycles. The fourth-order valence-corrected chi connectivity index (χ4v) is 5.95. The highest BCUT2D eigenvalue weighted by molar-refractivity contribution is 7.92. The molecular weight excluding hydrogens is 424 g/mol. The summed E-state index contributed by atoms with van der Waals surface area (Å²) in [5.41, 5.74) is 2.29. The van der Waals surface area contributed by atoms with Crippen LogP contribution in [0.5, 0.6) is 11.5 Å². The Bertz CT molecular complexity index is 1120. The van der Waals surface area contributed by atoms with E-state index in [1.54, 1.807) is 17.0 Å². The highest BCUT2D eigenvalue weighted by Gasteiger charge is 2.35. The summed E-state index contributed by atoms with van der Waals surface area (Å²) in [5.74, 6) is 1.11. The molecule has 1 saturated heterocycles. The number of aryl methyl sites for hydroxylation is 2. The highest BCUT2D eigenvalue weighted by atomic mass is 32.2. The van der Waals surface area contributed by atoms with E-state index in [9.17, 15) is 18.5 Å². The van der Waals surface area contributed by atoms with E-state index < -0.39 is 15.1 Å². The molecule has 0 N–H and O–H groups in total. The van der Waals surface area contributed by atoms with Gasteiger partial charge in [0.25, 0.3) is 0 Å². The number of nitrogens with zero attached hydrogens (tertiary/aromatic N) is 2. The van der Waals surface area contributed by atoms with Gasteiger partial charge >= 0.3 is 0 Å². The van der Waals surface area contributed by atoms with Crippen LogP contribution in [0.2, 0.25) is 0 Å². The van der Waals surface area contributed by atoms with E-state index in [1.165, 1.54) is 6.07 Å². The lowest BCUT2D eigenvalue weighted by Gasteiger charge is -2.32. The molecule has 1 aliphatic rings. The minimum Gasteiger partial charge on any atom is -0.456 e. The van der Waals surface area contributed by atoms with Crippen molar-refractivity contribution in [2.24, 2.45) is 5.92 Å². The van der Waals surface area contributed by atoms with E-state index in [4.69, 9.17) is 4.74 Å². The van der Waals surface area contributed by atoms with Crippen LogP contribution >= 0.6 is 0 Å². The molecule has 1 heterocycles. The normalized spacial score (nSPS) is 14.9. The van der Waals surface area contributed by atoms with Crippen LogP contribution in [0.15, 0.2) is 41.3 Å². The average Bonchev–Trinajstić information content (AvgIpc) is 2.73. The molecule has 0 spiro atoms. The molecule has 2 aromatic rings. The van der Waals surface area contributed by atoms with E-state index in [1.807, 2.05) is 52.0 Å². The number of amides is 1. The second-order valence-corrected chi connectivity index (χ2v) is 11.1. The van der Waals surface area contributed by atoms with Crippen molar-refractivity contribution in [2.45, 2.75) is 57.1 Å². The Balaban J connectivity index is 1.87. The van der Waals surface area contributed by atoms with Crippen molar-refractivity contribution in [3.63, 3.8) is 0 Å². The number of sulfone groups is 1. The van der Waals surface area contributed by atoms with E-state index >= 15 is 0 Å². The summed E-state index contributed by atoms with van der Waals surface area (Å²) in [6, 6.07) is 12.2. The van der Waals surface area contributed by atoms with Gasteiger partial charge in [-0.15, -0.1) is 0 Å². The molecule has 2 aromatic carbocycles. The lowest BCUT2D eigenvalue weighted by atomic mass is 10.1. The largest absolute Gasteiger partial charge is 0.456 e. The molecule has 0 unspecified atom stereocenters. The number of likely N-dealkylation sites (tertiary alicyclic amines) is 1. The lowest BCUT2D eigenvalue weighted by molar-refractivity contribution is -0.132. The molecule has 1 fully saturated rings. The number of hydrogen-bond acceptors (Lipinski definition) is 5. The minimum absolute atomic E-state index is 0.0302. The van der Waals surface area contributed by atoms with Crippen LogP contribution in [-0.2, 0) is 14.6 Å². The zero-order valence-corrected chi connectivity index (χ0v) is 19.9. The Morgan fingerprint density at radius 3 is 2.31 bits per heavy atom. The third-order valence-electron chi connectivity index (χ3n) is 5.62. The summed E-state index contributed by atoms with van der Waals surface area (Å²) in [6.07, 6.45) is 1.20. The van der Waals surface area contributed by atoms with Crippen LogP contribution in [0.25, 0.3) is 0 Å². The van der Waals surface area contributed by atoms with Crippen LogP contribution < -0.4 is 4.74 Å². The van der Waals surface area contributed by atoms with Gasteiger partial charge in [-0.1, -0.05) is 19.9 Å². The van der Waals surface area contributed by atoms with Gasteiger partial charge in [-0.25, -0.2) is 8.42 Å². The zero-order valence-electron chi connectivity index (χ0n) is 19.1. The molecule has 3 rings (SSSR count). The summed E-state index contributed by atoms with van der Waals surface area (Å²) in [7, 11) is -3.75. The Morgan fingerprint density at radius 2 is 1.75 bits per heavy atom. The number of carbonyl (C=O) groups excluding carboxylic acids is 1. The first-order valence-electron chi connectivity index (χ1n) is 10.9. The molecule has 0 aliphatic carbocycles. The van der Waals surface area contributed by atoms with Gasteiger partial charge in [0.15, 0.2) is 9.84 Å². The van der Waals surface area contributed by atoms with E-state index in [-0.39, 0.29) is 28.0 Å². The maximum Gasteiger partial charge on any atom is 0.222 e. The van der Waals surface area contributed by atoms with Gasteiger partial charge in [-0.05, 0) is 74.1 Å². The maximum absolute atomic E-state index is 13.6. The predicted molar refractivity (Wildman–Crippen MR) is 123 cm³/mol. The van der Waals surface area contributed by atoms with Gasteiger partial charge in [0, 0.05) is 19.5 Å². The zero-order chi connectivity index (χ0) is 23.5. The van der Waals surface area contributed by atoms with Crippen LogP contribution in [0.1, 0.15) is 49.8 Å². The summed E-state index contributed by atoms with van der Waals surface area (Å²) in [5, 5.41) is 8.71. The number of carbonyl (C=O) groups is 1. The van der Waals surface area contributed by atoms with Gasteiger partial charge in [0.1, 0.15) is 16.4 Å². The summed E-state index contributed by atoms with van der Waals surface area (Å²) >= 11 is 0. The van der Waals surface area contributed by atoms with Crippen LogP contribution in [0, 0.1) is 31.1 Å². The Labute approximate surface area is 190 Å². The first-order valence-corrected chi connectivity index (χ1v) is 12.5. The van der Waals surface area contributed by atoms with Gasteiger partial charge in [-0.3, -0.25) is 4.79 Å². The van der Waals surface area contributed by atoms with Gasteiger partial charge in [-0.2, -0.15) is 5.26 Å². The first kappa shape index (κ1) is 23.8. The topological polar surface area (TPSA) is 87.5 Å². The fraction of sp³-hybridized carbons (Fsp3) is 0.440. The third kappa shape index (κ3) is 5.49. The van der Waals surface area contributed by atoms with Crippen LogP contribution in [0.3, 0.4) is 0 Å². The molecular formula is C25H30N2O4S. The molecule has 1 aliphatic heterocycles. The van der Waals surface area contributed by atoms with E-state index in [0.29, 0.717) is 38.1 Å². The fourth-order valence-electron chi connectivity index (χ4n) is 4.08. The molecule has 0 saturated carbocycles. The first-order chi connectivity index (χ1) is 15.1.